The lowest BCUT2D eigenvalue weighted by molar-refractivity contribution is -0.137. The van der Waals surface area contributed by atoms with E-state index in [1.54, 1.807) is 18.2 Å². The molecule has 2 rings (SSSR count). The maximum Gasteiger partial charge on any atom is 0.416 e. The Morgan fingerprint density at radius 2 is 1.72 bits per heavy atom. The number of amides is 1. The quantitative estimate of drug-likeness (QED) is 0.806. The van der Waals surface area contributed by atoms with Gasteiger partial charge in [-0.1, -0.05) is 13.0 Å². The molecule has 0 radical (unpaired) electrons. The molecule has 2 aromatic rings. The van der Waals surface area contributed by atoms with Gasteiger partial charge in [0.25, 0.3) is 5.91 Å². The van der Waals surface area contributed by atoms with Crippen molar-refractivity contribution in [2.75, 3.05) is 11.9 Å². The normalized spacial score (nSPS) is 11.0. The molecular formula is C18H16F3NO3. The molecule has 0 aliphatic heterocycles. The van der Waals surface area contributed by atoms with Crippen molar-refractivity contribution in [1.29, 1.82) is 0 Å². The maximum absolute atomic E-state index is 12.5. The summed E-state index contributed by atoms with van der Waals surface area (Å²) in [5, 5.41) is 2.54. The van der Waals surface area contributed by atoms with Crippen molar-refractivity contribution in [3.8, 4) is 0 Å². The van der Waals surface area contributed by atoms with E-state index in [-0.39, 0.29) is 11.1 Å². The smallest absolute Gasteiger partial charge is 0.416 e. The molecule has 4 nitrogen and oxygen atoms in total. The van der Waals surface area contributed by atoms with E-state index in [1.165, 1.54) is 6.07 Å². The average Bonchev–Trinajstić information content (AvgIpc) is 2.59. The highest BCUT2D eigenvalue weighted by molar-refractivity contribution is 6.04. The zero-order valence-corrected chi connectivity index (χ0v) is 13.4. The standard InChI is InChI=1S/C18H16F3NO3/c1-2-10-25-17(24)13-4-3-5-15(11-13)22-16(23)12-6-8-14(9-7-12)18(19,20)21/h3-9,11H,2,10H2,1H3,(H,22,23). The zero-order valence-electron chi connectivity index (χ0n) is 13.4. The molecule has 0 aliphatic carbocycles. The molecule has 7 heteroatoms. The Bertz CT molecular complexity index is 755. The fraction of sp³-hybridized carbons (Fsp3) is 0.222. The van der Waals surface area contributed by atoms with Crippen LogP contribution in [0.15, 0.2) is 48.5 Å². The summed E-state index contributed by atoms with van der Waals surface area (Å²) < 4.78 is 42.6. The van der Waals surface area contributed by atoms with Crippen LogP contribution < -0.4 is 5.32 Å². The molecule has 0 fully saturated rings. The van der Waals surface area contributed by atoms with Crippen LogP contribution in [0.5, 0.6) is 0 Å². The molecule has 0 aromatic heterocycles. The summed E-state index contributed by atoms with van der Waals surface area (Å²) in [5.41, 5.74) is -0.133. The van der Waals surface area contributed by atoms with Crippen LogP contribution in [0.3, 0.4) is 0 Å². The van der Waals surface area contributed by atoms with E-state index in [1.807, 2.05) is 6.92 Å². The highest BCUT2D eigenvalue weighted by atomic mass is 19.4. The second-order valence-electron chi connectivity index (χ2n) is 5.25. The van der Waals surface area contributed by atoms with Crippen LogP contribution in [0.1, 0.15) is 39.6 Å². The summed E-state index contributed by atoms with van der Waals surface area (Å²) in [6.45, 7) is 2.16. The van der Waals surface area contributed by atoms with Crippen LogP contribution in [0.2, 0.25) is 0 Å². The Morgan fingerprint density at radius 1 is 1.04 bits per heavy atom. The largest absolute Gasteiger partial charge is 0.462 e. The van der Waals surface area contributed by atoms with Gasteiger partial charge >= 0.3 is 12.1 Å². The van der Waals surface area contributed by atoms with Crippen molar-refractivity contribution < 1.29 is 27.5 Å². The van der Waals surface area contributed by atoms with Gasteiger partial charge in [0.05, 0.1) is 17.7 Å². The lowest BCUT2D eigenvalue weighted by Crippen LogP contribution is -2.13. The molecule has 132 valence electrons. The molecule has 0 aliphatic rings. The number of esters is 1. The van der Waals surface area contributed by atoms with Gasteiger partial charge in [0.2, 0.25) is 0 Å². The molecule has 1 amide bonds. The van der Waals surface area contributed by atoms with E-state index in [0.29, 0.717) is 18.7 Å². The third-order valence-corrected chi connectivity index (χ3v) is 3.27. The number of hydrogen-bond acceptors (Lipinski definition) is 3. The highest BCUT2D eigenvalue weighted by Crippen LogP contribution is 2.29. The summed E-state index contributed by atoms with van der Waals surface area (Å²) in [4.78, 5) is 23.9. The first kappa shape index (κ1) is 18.5. The topological polar surface area (TPSA) is 55.4 Å². The minimum absolute atomic E-state index is 0.0759. The molecule has 0 spiro atoms. The molecule has 0 bridgehead atoms. The first-order valence-electron chi connectivity index (χ1n) is 7.57. The van der Waals surface area contributed by atoms with E-state index in [2.05, 4.69) is 5.32 Å². The zero-order chi connectivity index (χ0) is 18.4. The van der Waals surface area contributed by atoms with Crippen LogP contribution in [0.25, 0.3) is 0 Å². The molecule has 0 saturated carbocycles. The highest BCUT2D eigenvalue weighted by Gasteiger charge is 2.30. The minimum Gasteiger partial charge on any atom is -0.462 e. The Kier molecular flexibility index (Phi) is 5.80. The van der Waals surface area contributed by atoms with E-state index in [0.717, 1.165) is 24.3 Å². The van der Waals surface area contributed by atoms with Crippen LogP contribution in [0.4, 0.5) is 18.9 Å². The summed E-state index contributed by atoms with van der Waals surface area (Å²) in [7, 11) is 0. The fourth-order valence-electron chi connectivity index (χ4n) is 2.02. The minimum atomic E-state index is -4.46. The van der Waals surface area contributed by atoms with Gasteiger partial charge in [0.15, 0.2) is 0 Å². The number of nitrogens with one attached hydrogen (secondary N) is 1. The first-order valence-corrected chi connectivity index (χ1v) is 7.57. The summed E-state index contributed by atoms with van der Waals surface area (Å²) >= 11 is 0. The molecule has 25 heavy (non-hydrogen) atoms. The van der Waals surface area contributed by atoms with Gasteiger partial charge in [-0.25, -0.2) is 4.79 Å². The lowest BCUT2D eigenvalue weighted by atomic mass is 10.1. The van der Waals surface area contributed by atoms with Crippen LogP contribution >= 0.6 is 0 Å². The van der Waals surface area contributed by atoms with Crippen LogP contribution in [-0.4, -0.2) is 18.5 Å². The number of rotatable bonds is 5. The van der Waals surface area contributed by atoms with Gasteiger partial charge < -0.3 is 10.1 Å². The predicted molar refractivity (Wildman–Crippen MR) is 86.4 cm³/mol. The van der Waals surface area contributed by atoms with E-state index >= 15 is 0 Å². The number of carbonyl (C=O) groups is 2. The molecule has 0 heterocycles. The second kappa shape index (κ2) is 7.83. The van der Waals surface area contributed by atoms with Crippen molar-refractivity contribution >= 4 is 17.6 Å². The number of alkyl halides is 3. The van der Waals surface area contributed by atoms with Gasteiger partial charge in [-0.05, 0) is 48.9 Å². The van der Waals surface area contributed by atoms with Crippen molar-refractivity contribution in [3.63, 3.8) is 0 Å². The van der Waals surface area contributed by atoms with Gasteiger partial charge in [0, 0.05) is 11.3 Å². The van der Waals surface area contributed by atoms with Crippen LogP contribution in [-0.2, 0) is 10.9 Å². The Balaban J connectivity index is 2.09. The number of benzene rings is 2. The Labute approximate surface area is 142 Å². The summed E-state index contributed by atoms with van der Waals surface area (Å²) in [6.07, 6.45) is -3.77. The van der Waals surface area contributed by atoms with Crippen molar-refractivity contribution in [2.45, 2.75) is 19.5 Å². The number of ether oxygens (including phenoxy) is 1. The Hall–Kier alpha value is -2.83. The molecule has 0 unspecified atom stereocenters. The first-order chi connectivity index (χ1) is 11.8. The number of anilines is 1. The number of halogens is 3. The van der Waals surface area contributed by atoms with Crippen molar-refractivity contribution in [1.82, 2.24) is 0 Å². The SMILES string of the molecule is CCCOC(=O)c1cccc(NC(=O)c2ccc(C(F)(F)F)cc2)c1. The van der Waals surface area contributed by atoms with Gasteiger partial charge in [-0.15, -0.1) is 0 Å². The second-order valence-corrected chi connectivity index (χ2v) is 5.25. The third kappa shape index (κ3) is 5.07. The van der Waals surface area contributed by atoms with E-state index in [4.69, 9.17) is 4.74 Å². The van der Waals surface area contributed by atoms with Crippen molar-refractivity contribution in [3.05, 3.63) is 65.2 Å². The average molecular weight is 351 g/mol. The molecule has 1 N–H and O–H groups in total. The molecule has 0 atom stereocenters. The van der Waals surface area contributed by atoms with E-state index in [9.17, 15) is 22.8 Å². The van der Waals surface area contributed by atoms with Gasteiger partial charge in [0.1, 0.15) is 0 Å². The number of carbonyl (C=O) groups excluding carboxylic acids is 2. The van der Waals surface area contributed by atoms with Gasteiger partial charge in [-0.3, -0.25) is 4.79 Å². The van der Waals surface area contributed by atoms with Crippen LogP contribution in [0, 0.1) is 0 Å². The lowest BCUT2D eigenvalue weighted by Gasteiger charge is -2.09. The molecular weight excluding hydrogens is 335 g/mol. The van der Waals surface area contributed by atoms with Crippen molar-refractivity contribution in [2.24, 2.45) is 0 Å². The van der Waals surface area contributed by atoms with E-state index < -0.39 is 23.6 Å². The van der Waals surface area contributed by atoms with Gasteiger partial charge in [-0.2, -0.15) is 13.2 Å². The number of hydrogen-bond donors (Lipinski definition) is 1. The fourth-order valence-corrected chi connectivity index (χ4v) is 2.02. The Morgan fingerprint density at radius 3 is 2.32 bits per heavy atom. The summed E-state index contributed by atoms with van der Waals surface area (Å²) in [6, 6.07) is 10.0. The maximum atomic E-state index is 12.5. The summed E-state index contributed by atoms with van der Waals surface area (Å²) in [5.74, 6) is -1.08. The molecule has 0 saturated heterocycles. The third-order valence-electron chi connectivity index (χ3n) is 3.27. The monoisotopic (exact) mass is 351 g/mol. The predicted octanol–water partition coefficient (Wildman–Crippen LogP) is 4.52. The molecule has 2 aromatic carbocycles.